The molecule has 2 aliphatic rings. The molecule has 1 N–H and O–H groups in total. The molecule has 0 bridgehead atoms. The summed E-state index contributed by atoms with van der Waals surface area (Å²) >= 11 is 0. The molecule has 0 aromatic heterocycles. The van der Waals surface area contributed by atoms with Gasteiger partial charge in [-0.15, -0.1) is 0 Å². The van der Waals surface area contributed by atoms with Crippen LogP contribution in [-0.4, -0.2) is 18.9 Å². The summed E-state index contributed by atoms with van der Waals surface area (Å²) < 4.78 is 5.86. The standard InChI is InChI=1S/C15H25NO/c1-12-6-4-7-13(2)14(12)8-9-15(3)16-10-5-11-17-15/h16H,1,4-11H2,2-3H3. The normalized spacial score (nSPS) is 30.8. The molecule has 2 rings (SSSR count). The lowest BCUT2D eigenvalue weighted by Crippen LogP contribution is -2.49. The van der Waals surface area contributed by atoms with E-state index in [0.717, 1.165) is 32.4 Å². The summed E-state index contributed by atoms with van der Waals surface area (Å²) in [7, 11) is 0. The van der Waals surface area contributed by atoms with Crippen LogP contribution in [0.1, 0.15) is 52.4 Å². The van der Waals surface area contributed by atoms with Gasteiger partial charge in [0, 0.05) is 0 Å². The summed E-state index contributed by atoms with van der Waals surface area (Å²) in [4.78, 5) is 0. The number of hydrogen-bond donors (Lipinski definition) is 1. The fourth-order valence-corrected chi connectivity index (χ4v) is 2.86. The van der Waals surface area contributed by atoms with Crippen LogP contribution in [0, 0.1) is 0 Å². The zero-order chi connectivity index (χ0) is 12.3. The first-order chi connectivity index (χ1) is 8.11. The second kappa shape index (κ2) is 5.36. The van der Waals surface area contributed by atoms with Crippen molar-refractivity contribution in [3.8, 4) is 0 Å². The van der Waals surface area contributed by atoms with E-state index >= 15 is 0 Å². The Balaban J connectivity index is 1.94. The van der Waals surface area contributed by atoms with Gasteiger partial charge in [0.25, 0.3) is 0 Å². The molecule has 0 aromatic rings. The Hall–Kier alpha value is -0.600. The van der Waals surface area contributed by atoms with Crippen molar-refractivity contribution in [2.45, 2.75) is 58.1 Å². The lowest BCUT2D eigenvalue weighted by atomic mass is 9.85. The zero-order valence-electron chi connectivity index (χ0n) is 11.3. The van der Waals surface area contributed by atoms with E-state index in [9.17, 15) is 0 Å². The van der Waals surface area contributed by atoms with Crippen LogP contribution in [0.3, 0.4) is 0 Å². The topological polar surface area (TPSA) is 21.3 Å². The van der Waals surface area contributed by atoms with Crippen molar-refractivity contribution in [3.05, 3.63) is 23.3 Å². The molecular weight excluding hydrogens is 210 g/mol. The Morgan fingerprint density at radius 3 is 2.82 bits per heavy atom. The number of hydrogen-bond acceptors (Lipinski definition) is 2. The van der Waals surface area contributed by atoms with Crippen LogP contribution in [0.5, 0.6) is 0 Å². The maximum absolute atomic E-state index is 5.86. The molecule has 1 saturated heterocycles. The van der Waals surface area contributed by atoms with Crippen LogP contribution in [0.25, 0.3) is 0 Å². The van der Waals surface area contributed by atoms with Gasteiger partial charge in [-0.25, -0.2) is 0 Å². The molecule has 1 atom stereocenters. The van der Waals surface area contributed by atoms with Gasteiger partial charge in [0.05, 0.1) is 6.61 Å². The first-order valence-electron chi connectivity index (χ1n) is 6.86. The van der Waals surface area contributed by atoms with Crippen LogP contribution in [0.15, 0.2) is 23.3 Å². The van der Waals surface area contributed by atoms with Gasteiger partial charge in [-0.2, -0.15) is 0 Å². The smallest absolute Gasteiger partial charge is 0.116 e. The van der Waals surface area contributed by atoms with E-state index in [1.165, 1.54) is 30.4 Å². The van der Waals surface area contributed by atoms with Crippen molar-refractivity contribution in [1.82, 2.24) is 5.32 Å². The highest BCUT2D eigenvalue weighted by molar-refractivity contribution is 5.35. The molecule has 0 radical (unpaired) electrons. The molecule has 1 heterocycles. The molecule has 17 heavy (non-hydrogen) atoms. The highest BCUT2D eigenvalue weighted by Gasteiger charge is 2.27. The van der Waals surface area contributed by atoms with E-state index in [1.807, 2.05) is 0 Å². The number of nitrogens with one attached hydrogen (secondary N) is 1. The Kier molecular flexibility index (Phi) is 4.05. The van der Waals surface area contributed by atoms with E-state index in [4.69, 9.17) is 4.74 Å². The Morgan fingerprint density at radius 2 is 2.18 bits per heavy atom. The first kappa shape index (κ1) is 12.8. The molecular formula is C15H25NO. The molecule has 2 heteroatoms. The third kappa shape index (κ3) is 3.20. The van der Waals surface area contributed by atoms with E-state index in [2.05, 4.69) is 25.7 Å². The minimum Gasteiger partial charge on any atom is -0.361 e. The molecule has 0 saturated carbocycles. The van der Waals surface area contributed by atoms with Gasteiger partial charge in [0.1, 0.15) is 5.72 Å². The Bertz CT molecular complexity index is 324. The monoisotopic (exact) mass is 235 g/mol. The zero-order valence-corrected chi connectivity index (χ0v) is 11.3. The van der Waals surface area contributed by atoms with Crippen molar-refractivity contribution in [2.75, 3.05) is 13.2 Å². The molecule has 0 aromatic carbocycles. The van der Waals surface area contributed by atoms with Crippen LogP contribution < -0.4 is 5.32 Å². The van der Waals surface area contributed by atoms with Crippen LogP contribution in [0.2, 0.25) is 0 Å². The van der Waals surface area contributed by atoms with Gasteiger partial charge in [0.2, 0.25) is 0 Å². The van der Waals surface area contributed by atoms with Crippen molar-refractivity contribution in [2.24, 2.45) is 0 Å². The minimum atomic E-state index is -0.122. The predicted molar refractivity (Wildman–Crippen MR) is 71.9 cm³/mol. The lowest BCUT2D eigenvalue weighted by molar-refractivity contribution is -0.0865. The molecule has 1 aliphatic heterocycles. The second-order valence-electron chi connectivity index (χ2n) is 5.58. The third-order valence-corrected chi connectivity index (χ3v) is 4.07. The average Bonchev–Trinajstić information content (AvgIpc) is 2.29. The SMILES string of the molecule is C=C1CCCC(C)=C1CCC1(C)NCCCO1. The predicted octanol–water partition coefficient (Wildman–Crippen LogP) is 3.55. The number of ether oxygens (including phenoxy) is 1. The maximum Gasteiger partial charge on any atom is 0.116 e. The quantitative estimate of drug-likeness (QED) is 0.807. The number of rotatable bonds is 3. The minimum absolute atomic E-state index is 0.122. The highest BCUT2D eigenvalue weighted by Crippen LogP contribution is 2.33. The fourth-order valence-electron chi connectivity index (χ4n) is 2.86. The summed E-state index contributed by atoms with van der Waals surface area (Å²) in [6.45, 7) is 10.6. The third-order valence-electron chi connectivity index (χ3n) is 4.07. The first-order valence-corrected chi connectivity index (χ1v) is 6.86. The molecule has 0 amide bonds. The van der Waals surface area contributed by atoms with Gasteiger partial charge < -0.3 is 4.74 Å². The Labute approximate surface area is 105 Å². The lowest BCUT2D eigenvalue weighted by Gasteiger charge is -2.36. The fraction of sp³-hybridized carbons (Fsp3) is 0.733. The van der Waals surface area contributed by atoms with Gasteiger partial charge in [-0.05, 0) is 64.5 Å². The second-order valence-corrected chi connectivity index (χ2v) is 5.58. The summed E-state index contributed by atoms with van der Waals surface area (Å²) in [6, 6.07) is 0. The van der Waals surface area contributed by atoms with Crippen LogP contribution in [-0.2, 0) is 4.74 Å². The van der Waals surface area contributed by atoms with E-state index in [1.54, 1.807) is 5.57 Å². The summed E-state index contributed by atoms with van der Waals surface area (Å²) in [5.41, 5.74) is 4.28. The molecule has 1 aliphatic carbocycles. The number of allylic oxidation sites excluding steroid dienone is 3. The molecule has 0 spiro atoms. The van der Waals surface area contributed by atoms with Crippen molar-refractivity contribution in [3.63, 3.8) is 0 Å². The molecule has 2 nitrogen and oxygen atoms in total. The Morgan fingerprint density at radius 1 is 1.35 bits per heavy atom. The average molecular weight is 235 g/mol. The van der Waals surface area contributed by atoms with Gasteiger partial charge in [-0.3, -0.25) is 5.32 Å². The largest absolute Gasteiger partial charge is 0.361 e. The van der Waals surface area contributed by atoms with Crippen LogP contribution in [0.4, 0.5) is 0 Å². The molecule has 96 valence electrons. The van der Waals surface area contributed by atoms with Gasteiger partial charge in [0.15, 0.2) is 0 Å². The van der Waals surface area contributed by atoms with Crippen LogP contribution >= 0.6 is 0 Å². The van der Waals surface area contributed by atoms with E-state index < -0.39 is 0 Å². The van der Waals surface area contributed by atoms with E-state index in [-0.39, 0.29) is 5.72 Å². The molecule has 1 fully saturated rings. The van der Waals surface area contributed by atoms with Gasteiger partial charge >= 0.3 is 0 Å². The van der Waals surface area contributed by atoms with Gasteiger partial charge in [-0.1, -0.05) is 17.7 Å². The highest BCUT2D eigenvalue weighted by atomic mass is 16.5. The maximum atomic E-state index is 5.86. The van der Waals surface area contributed by atoms with E-state index in [0.29, 0.717) is 0 Å². The summed E-state index contributed by atoms with van der Waals surface area (Å²) in [5.74, 6) is 0. The summed E-state index contributed by atoms with van der Waals surface area (Å²) in [5, 5.41) is 3.49. The van der Waals surface area contributed by atoms with Crippen molar-refractivity contribution < 1.29 is 4.74 Å². The molecule has 1 unspecified atom stereocenters. The van der Waals surface area contributed by atoms with Crippen molar-refractivity contribution >= 4 is 0 Å². The van der Waals surface area contributed by atoms with Crippen molar-refractivity contribution in [1.29, 1.82) is 0 Å². The summed E-state index contributed by atoms with van der Waals surface area (Å²) in [6.07, 6.45) is 6.99.